The van der Waals surface area contributed by atoms with Crippen LogP contribution >= 0.6 is 23.2 Å². The number of rotatable bonds is 1. The third-order valence-electron chi connectivity index (χ3n) is 4.42. The lowest BCUT2D eigenvalue weighted by atomic mass is 10.1. The van der Waals surface area contributed by atoms with Gasteiger partial charge in [0.05, 0.1) is 17.5 Å². The molecule has 0 radical (unpaired) electrons. The van der Waals surface area contributed by atoms with Crippen molar-refractivity contribution in [1.82, 2.24) is 19.9 Å². The van der Waals surface area contributed by atoms with Crippen LogP contribution in [0.3, 0.4) is 0 Å². The molecule has 1 fully saturated rings. The highest BCUT2D eigenvalue weighted by Crippen LogP contribution is 2.31. The molecule has 0 unspecified atom stereocenters. The van der Waals surface area contributed by atoms with Gasteiger partial charge in [-0.1, -0.05) is 11.6 Å². The molecule has 7 nitrogen and oxygen atoms in total. The van der Waals surface area contributed by atoms with Crippen LogP contribution in [0.25, 0.3) is 10.9 Å². The Kier molecular flexibility index (Phi) is 5.55. The van der Waals surface area contributed by atoms with Crippen molar-refractivity contribution in [1.29, 1.82) is 0 Å². The summed E-state index contributed by atoms with van der Waals surface area (Å²) in [5, 5.41) is 0.0552. The Morgan fingerprint density at radius 3 is 2.39 bits per heavy atom. The number of carbonyl (C=O) groups is 1. The molecule has 10 heteroatoms. The maximum absolute atomic E-state index is 14.4. The van der Waals surface area contributed by atoms with Gasteiger partial charge >= 0.3 is 6.09 Å². The van der Waals surface area contributed by atoms with Crippen LogP contribution in [0.1, 0.15) is 34.6 Å². The van der Waals surface area contributed by atoms with Gasteiger partial charge in [-0.25, -0.2) is 19.2 Å². The normalized spacial score (nSPS) is 20.6. The zero-order chi connectivity index (χ0) is 20.8. The van der Waals surface area contributed by atoms with E-state index in [0.717, 1.165) is 0 Å². The first-order chi connectivity index (χ1) is 13.0. The summed E-state index contributed by atoms with van der Waals surface area (Å²) in [4.78, 5) is 28.4. The van der Waals surface area contributed by atoms with E-state index in [1.54, 1.807) is 4.90 Å². The number of fused-ring (bicyclic) bond motifs is 1. The van der Waals surface area contributed by atoms with Gasteiger partial charge in [-0.05, 0) is 46.2 Å². The van der Waals surface area contributed by atoms with E-state index >= 15 is 0 Å². The number of aromatic nitrogens is 3. The first-order valence-electron chi connectivity index (χ1n) is 8.91. The number of piperazine rings is 1. The Balaban J connectivity index is 1.93. The third kappa shape index (κ3) is 4.07. The number of halogens is 3. The average Bonchev–Trinajstić information content (AvgIpc) is 2.55. The molecule has 2 atom stereocenters. The predicted molar refractivity (Wildman–Crippen MR) is 107 cm³/mol. The van der Waals surface area contributed by atoms with Crippen LogP contribution in [-0.4, -0.2) is 56.7 Å². The highest BCUT2D eigenvalue weighted by molar-refractivity contribution is 6.30. The summed E-state index contributed by atoms with van der Waals surface area (Å²) in [6.45, 7) is 10.3. The molecule has 2 aromatic rings. The van der Waals surface area contributed by atoms with Crippen molar-refractivity contribution in [3.8, 4) is 0 Å². The quantitative estimate of drug-likeness (QED) is 0.496. The second kappa shape index (κ2) is 7.48. The van der Waals surface area contributed by atoms with Gasteiger partial charge in [-0.3, -0.25) is 4.90 Å². The number of ether oxygens (including phenoxy) is 1. The average molecular weight is 430 g/mol. The minimum atomic E-state index is -0.738. The van der Waals surface area contributed by atoms with E-state index in [1.165, 1.54) is 6.20 Å². The largest absolute Gasteiger partial charge is 0.444 e. The lowest BCUT2D eigenvalue weighted by Crippen LogP contribution is -2.59. The van der Waals surface area contributed by atoms with Gasteiger partial charge in [0.15, 0.2) is 11.0 Å². The van der Waals surface area contributed by atoms with E-state index in [9.17, 15) is 9.18 Å². The molecule has 2 aromatic heterocycles. The molecule has 0 aliphatic carbocycles. The van der Waals surface area contributed by atoms with E-state index in [1.807, 2.05) is 39.5 Å². The molecule has 28 heavy (non-hydrogen) atoms. The van der Waals surface area contributed by atoms with Gasteiger partial charge in [-0.15, -0.1) is 0 Å². The summed E-state index contributed by atoms with van der Waals surface area (Å²) in [7, 11) is 0. The summed E-state index contributed by atoms with van der Waals surface area (Å²) in [5.74, 6) is -0.279. The molecule has 0 spiro atoms. The van der Waals surface area contributed by atoms with Gasteiger partial charge in [-0.2, -0.15) is 4.98 Å². The fourth-order valence-corrected chi connectivity index (χ4v) is 3.71. The summed E-state index contributed by atoms with van der Waals surface area (Å²) in [6, 6.07) is -0.319. The zero-order valence-electron chi connectivity index (χ0n) is 16.3. The fraction of sp³-hybridized carbons (Fsp3) is 0.556. The molecule has 152 valence electrons. The number of hydrogen-bond donors (Lipinski definition) is 0. The minimum Gasteiger partial charge on any atom is -0.444 e. The van der Waals surface area contributed by atoms with E-state index < -0.39 is 11.4 Å². The van der Waals surface area contributed by atoms with Crippen molar-refractivity contribution in [2.75, 3.05) is 18.0 Å². The molecule has 1 aliphatic rings. The molecule has 1 amide bonds. The van der Waals surface area contributed by atoms with Crippen LogP contribution < -0.4 is 4.90 Å². The molecule has 3 rings (SSSR count). The van der Waals surface area contributed by atoms with E-state index in [0.29, 0.717) is 24.3 Å². The minimum absolute atomic E-state index is 0.0184. The highest BCUT2D eigenvalue weighted by atomic mass is 35.5. The molecule has 1 aliphatic heterocycles. The number of pyridine rings is 1. The smallest absolute Gasteiger partial charge is 0.410 e. The first kappa shape index (κ1) is 20.8. The van der Waals surface area contributed by atoms with E-state index in [-0.39, 0.29) is 34.1 Å². The lowest BCUT2D eigenvalue weighted by Gasteiger charge is -2.45. The van der Waals surface area contributed by atoms with Crippen LogP contribution in [0, 0.1) is 5.82 Å². The fourth-order valence-electron chi connectivity index (χ4n) is 3.40. The van der Waals surface area contributed by atoms with Crippen LogP contribution in [0.2, 0.25) is 10.4 Å². The Labute approximate surface area is 172 Å². The summed E-state index contributed by atoms with van der Waals surface area (Å²) < 4.78 is 19.9. The van der Waals surface area contributed by atoms with Crippen LogP contribution in [0.15, 0.2) is 6.20 Å². The molecule has 0 N–H and O–H groups in total. The number of carbonyl (C=O) groups excluding carboxylic acids is 1. The molecule has 1 saturated heterocycles. The van der Waals surface area contributed by atoms with Crippen LogP contribution in [-0.2, 0) is 4.74 Å². The first-order valence-corrected chi connectivity index (χ1v) is 9.67. The third-order valence-corrected chi connectivity index (χ3v) is 4.85. The topological polar surface area (TPSA) is 71.5 Å². The molecule has 0 saturated carbocycles. The second-order valence-electron chi connectivity index (χ2n) is 7.93. The molecule has 0 aromatic carbocycles. The molecule has 0 bridgehead atoms. The van der Waals surface area contributed by atoms with Crippen LogP contribution in [0.4, 0.5) is 15.0 Å². The monoisotopic (exact) mass is 429 g/mol. The van der Waals surface area contributed by atoms with Gasteiger partial charge in [0.25, 0.3) is 0 Å². The van der Waals surface area contributed by atoms with Gasteiger partial charge in [0.1, 0.15) is 16.9 Å². The van der Waals surface area contributed by atoms with Crippen molar-refractivity contribution in [2.45, 2.75) is 52.3 Å². The second-order valence-corrected chi connectivity index (χ2v) is 8.63. The summed E-state index contributed by atoms with van der Waals surface area (Å²) in [6.07, 6.45) is 1.07. The van der Waals surface area contributed by atoms with E-state index in [4.69, 9.17) is 27.9 Å². The van der Waals surface area contributed by atoms with Gasteiger partial charge < -0.3 is 9.64 Å². The number of nitrogens with zero attached hydrogens (tertiary/aromatic N) is 5. The molecule has 3 heterocycles. The van der Waals surface area contributed by atoms with E-state index in [2.05, 4.69) is 15.0 Å². The SMILES string of the molecule is C[C@H]1CN(c2nc(Cl)nc3c(F)c(Cl)ncc23)C[C@H](C)N1C(=O)OC(C)(C)C. The highest BCUT2D eigenvalue weighted by Gasteiger charge is 2.36. The maximum atomic E-state index is 14.4. The number of hydrogen-bond acceptors (Lipinski definition) is 6. The van der Waals surface area contributed by atoms with Gasteiger partial charge in [0.2, 0.25) is 5.28 Å². The number of anilines is 1. The van der Waals surface area contributed by atoms with Crippen molar-refractivity contribution in [2.24, 2.45) is 0 Å². The van der Waals surface area contributed by atoms with Crippen molar-refractivity contribution >= 4 is 46.0 Å². The standard InChI is InChI=1S/C18H22Cl2FN5O2/c1-9-7-25(8-10(2)26(9)17(27)28-18(3,4)5)15-11-6-22-14(19)12(21)13(11)23-16(20)24-15/h6,9-10H,7-8H2,1-5H3/t9-,10-/m0/s1. The van der Waals surface area contributed by atoms with Crippen LogP contribution in [0.5, 0.6) is 0 Å². The number of amides is 1. The summed E-state index contributed by atoms with van der Waals surface area (Å²) in [5.41, 5.74) is -0.558. The van der Waals surface area contributed by atoms with Crippen molar-refractivity contribution in [3.63, 3.8) is 0 Å². The predicted octanol–water partition coefficient (Wildman–Crippen LogP) is 4.30. The van der Waals surface area contributed by atoms with Gasteiger partial charge in [0, 0.05) is 19.3 Å². The Bertz CT molecular complexity index is 909. The van der Waals surface area contributed by atoms with Crippen molar-refractivity contribution in [3.05, 3.63) is 22.5 Å². The Hall–Kier alpha value is -1.93. The molecular formula is C18H22Cl2FN5O2. The zero-order valence-corrected chi connectivity index (χ0v) is 17.8. The summed E-state index contributed by atoms with van der Waals surface area (Å²) >= 11 is 11.8. The lowest BCUT2D eigenvalue weighted by molar-refractivity contribution is 0.00562. The Morgan fingerprint density at radius 2 is 1.82 bits per heavy atom. The maximum Gasteiger partial charge on any atom is 0.410 e. The molecular weight excluding hydrogens is 408 g/mol. The Morgan fingerprint density at radius 1 is 1.21 bits per heavy atom. The van der Waals surface area contributed by atoms with Crippen molar-refractivity contribution < 1.29 is 13.9 Å².